The van der Waals surface area contributed by atoms with Gasteiger partial charge in [-0.2, -0.15) is 5.10 Å². The molecule has 0 saturated carbocycles. The van der Waals surface area contributed by atoms with Crippen LogP contribution in [-0.2, 0) is 20.1 Å². The second-order valence-electron chi connectivity index (χ2n) is 3.34. The number of rotatable bonds is 4. The van der Waals surface area contributed by atoms with Crippen LogP contribution in [0.2, 0.25) is 0 Å². The quantitative estimate of drug-likeness (QED) is 0.936. The minimum absolute atomic E-state index is 0.814. The third-order valence-corrected chi connectivity index (χ3v) is 3.58. The predicted molar refractivity (Wildman–Crippen MR) is 65.8 cm³/mol. The first-order valence-corrected chi connectivity index (χ1v) is 6.33. The van der Waals surface area contributed by atoms with Crippen molar-refractivity contribution in [1.82, 2.24) is 15.1 Å². The van der Waals surface area contributed by atoms with E-state index >= 15 is 0 Å². The smallest absolute Gasteiger partial charge is 0.0762 e. The van der Waals surface area contributed by atoms with Crippen LogP contribution in [0, 0.1) is 0 Å². The van der Waals surface area contributed by atoms with E-state index in [1.807, 2.05) is 24.0 Å². The fourth-order valence-electron chi connectivity index (χ4n) is 1.33. The van der Waals surface area contributed by atoms with Crippen molar-refractivity contribution in [3.8, 4) is 0 Å². The van der Waals surface area contributed by atoms with Gasteiger partial charge in [-0.3, -0.25) is 4.68 Å². The first-order valence-electron chi connectivity index (χ1n) is 4.66. The van der Waals surface area contributed by atoms with Crippen LogP contribution in [-0.4, -0.2) is 9.78 Å². The Bertz CT molecular complexity index is 395. The molecule has 0 saturated heterocycles. The molecule has 0 radical (unpaired) electrons. The molecule has 0 aliphatic carbocycles. The summed E-state index contributed by atoms with van der Waals surface area (Å²) in [5.41, 5.74) is 2.38. The number of hydrogen-bond donors (Lipinski definition) is 1. The van der Waals surface area contributed by atoms with Crippen molar-refractivity contribution in [2.45, 2.75) is 13.1 Å². The number of hydrogen-bond acceptors (Lipinski definition) is 3. The summed E-state index contributed by atoms with van der Waals surface area (Å²) in [6.07, 6.45) is 1.96. The summed E-state index contributed by atoms with van der Waals surface area (Å²) < 4.78 is 3.00. The molecule has 0 aliphatic heterocycles. The lowest BCUT2D eigenvalue weighted by Crippen LogP contribution is -2.12. The molecule has 0 aliphatic rings. The lowest BCUT2D eigenvalue weighted by Gasteiger charge is -1.99. The SMILES string of the molecule is Cn1ccc(CNCc2csc(Br)c2)n1. The largest absolute Gasteiger partial charge is 0.307 e. The van der Waals surface area contributed by atoms with Crippen molar-refractivity contribution in [1.29, 1.82) is 0 Å². The molecule has 0 atom stereocenters. The second kappa shape index (κ2) is 4.92. The second-order valence-corrected chi connectivity index (χ2v) is 5.63. The van der Waals surface area contributed by atoms with Crippen molar-refractivity contribution in [3.05, 3.63) is 38.8 Å². The molecule has 0 spiro atoms. The van der Waals surface area contributed by atoms with Gasteiger partial charge in [-0.05, 0) is 39.0 Å². The van der Waals surface area contributed by atoms with Crippen LogP contribution < -0.4 is 5.32 Å². The lowest BCUT2D eigenvalue weighted by molar-refractivity contribution is 0.657. The summed E-state index contributed by atoms with van der Waals surface area (Å²) >= 11 is 5.16. The Balaban J connectivity index is 1.80. The van der Waals surface area contributed by atoms with Gasteiger partial charge in [-0.1, -0.05) is 0 Å². The third-order valence-electron chi connectivity index (χ3n) is 2.03. The average molecular weight is 286 g/mol. The maximum Gasteiger partial charge on any atom is 0.0762 e. The Morgan fingerprint density at radius 3 is 3.00 bits per heavy atom. The molecule has 0 unspecified atom stereocenters. The van der Waals surface area contributed by atoms with E-state index in [1.165, 1.54) is 9.35 Å². The minimum atomic E-state index is 0.814. The maximum absolute atomic E-state index is 4.29. The molecule has 0 fully saturated rings. The van der Waals surface area contributed by atoms with Gasteiger partial charge in [-0.25, -0.2) is 0 Å². The van der Waals surface area contributed by atoms with Crippen molar-refractivity contribution in [2.75, 3.05) is 0 Å². The van der Waals surface area contributed by atoms with Crippen LogP contribution in [0.1, 0.15) is 11.3 Å². The minimum Gasteiger partial charge on any atom is -0.307 e. The zero-order valence-electron chi connectivity index (χ0n) is 8.40. The van der Waals surface area contributed by atoms with Crippen LogP contribution in [0.25, 0.3) is 0 Å². The van der Waals surface area contributed by atoms with E-state index in [4.69, 9.17) is 0 Å². The number of thiophene rings is 1. The predicted octanol–water partition coefficient (Wildman–Crippen LogP) is 2.53. The Labute approximate surface area is 101 Å². The number of nitrogens with zero attached hydrogens (tertiary/aromatic N) is 2. The van der Waals surface area contributed by atoms with Crippen molar-refractivity contribution >= 4 is 27.3 Å². The molecular weight excluding hydrogens is 274 g/mol. The molecule has 2 aromatic rings. The lowest BCUT2D eigenvalue weighted by atomic mass is 10.3. The van der Waals surface area contributed by atoms with Gasteiger partial charge >= 0.3 is 0 Å². The summed E-state index contributed by atoms with van der Waals surface area (Å²) in [7, 11) is 1.93. The first kappa shape index (κ1) is 10.9. The van der Waals surface area contributed by atoms with Crippen molar-refractivity contribution in [3.63, 3.8) is 0 Å². The van der Waals surface area contributed by atoms with Gasteiger partial charge in [0.15, 0.2) is 0 Å². The Hall–Kier alpha value is -0.650. The van der Waals surface area contributed by atoms with Crippen LogP contribution in [0.3, 0.4) is 0 Å². The Morgan fingerprint density at radius 2 is 2.40 bits per heavy atom. The summed E-state index contributed by atoms with van der Waals surface area (Å²) in [5, 5.41) is 9.80. The molecule has 2 rings (SSSR count). The van der Waals surface area contributed by atoms with Crippen LogP contribution in [0.4, 0.5) is 0 Å². The maximum atomic E-state index is 4.29. The number of aryl methyl sites for hydroxylation is 1. The highest BCUT2D eigenvalue weighted by atomic mass is 79.9. The van der Waals surface area contributed by atoms with Gasteiger partial charge in [-0.15, -0.1) is 11.3 Å². The molecule has 1 N–H and O–H groups in total. The molecule has 0 bridgehead atoms. The van der Waals surface area contributed by atoms with Gasteiger partial charge in [0.1, 0.15) is 0 Å². The van der Waals surface area contributed by atoms with Gasteiger partial charge < -0.3 is 5.32 Å². The van der Waals surface area contributed by atoms with Gasteiger partial charge in [0.2, 0.25) is 0 Å². The van der Waals surface area contributed by atoms with E-state index in [0.29, 0.717) is 0 Å². The molecule has 2 heterocycles. The van der Waals surface area contributed by atoms with E-state index in [0.717, 1.165) is 18.8 Å². The van der Waals surface area contributed by atoms with Gasteiger partial charge in [0.05, 0.1) is 9.48 Å². The average Bonchev–Trinajstić information content (AvgIpc) is 2.76. The molecule has 80 valence electrons. The summed E-state index contributed by atoms with van der Waals surface area (Å²) in [6, 6.07) is 4.16. The summed E-state index contributed by atoms with van der Waals surface area (Å²) in [6.45, 7) is 1.70. The monoisotopic (exact) mass is 285 g/mol. The highest BCUT2D eigenvalue weighted by molar-refractivity contribution is 9.11. The van der Waals surface area contributed by atoms with E-state index in [-0.39, 0.29) is 0 Å². The number of halogens is 1. The molecular formula is C10H12BrN3S. The molecule has 5 heteroatoms. The summed E-state index contributed by atoms with van der Waals surface area (Å²) in [4.78, 5) is 0. The zero-order valence-corrected chi connectivity index (χ0v) is 10.8. The van der Waals surface area contributed by atoms with Crippen molar-refractivity contribution < 1.29 is 0 Å². The first-order chi connectivity index (χ1) is 7.24. The summed E-state index contributed by atoms with van der Waals surface area (Å²) in [5.74, 6) is 0. The van der Waals surface area contributed by atoms with Crippen LogP contribution in [0.15, 0.2) is 27.5 Å². The molecule has 2 aromatic heterocycles. The van der Waals surface area contributed by atoms with E-state index in [2.05, 4.69) is 37.8 Å². The van der Waals surface area contributed by atoms with Crippen molar-refractivity contribution in [2.24, 2.45) is 7.05 Å². The Kier molecular flexibility index (Phi) is 3.56. The normalized spacial score (nSPS) is 10.8. The van der Waals surface area contributed by atoms with Crippen LogP contribution in [0.5, 0.6) is 0 Å². The third kappa shape index (κ3) is 3.15. The standard InChI is InChI=1S/C10H12BrN3S/c1-14-3-2-9(13-14)6-12-5-8-4-10(11)15-7-8/h2-4,7,12H,5-6H2,1H3. The van der Waals surface area contributed by atoms with Crippen LogP contribution >= 0.6 is 27.3 Å². The van der Waals surface area contributed by atoms with E-state index in [1.54, 1.807) is 11.3 Å². The van der Waals surface area contributed by atoms with Gasteiger partial charge in [0.25, 0.3) is 0 Å². The molecule has 15 heavy (non-hydrogen) atoms. The topological polar surface area (TPSA) is 29.9 Å². The molecule has 0 aromatic carbocycles. The fourth-order valence-corrected chi connectivity index (χ4v) is 2.54. The van der Waals surface area contributed by atoms with Gasteiger partial charge in [0, 0.05) is 26.3 Å². The number of aromatic nitrogens is 2. The molecule has 0 amide bonds. The highest BCUT2D eigenvalue weighted by Crippen LogP contribution is 2.20. The van der Waals surface area contributed by atoms with E-state index in [9.17, 15) is 0 Å². The molecule has 3 nitrogen and oxygen atoms in total. The fraction of sp³-hybridized carbons (Fsp3) is 0.300. The van der Waals surface area contributed by atoms with E-state index < -0.39 is 0 Å². The number of nitrogens with one attached hydrogen (secondary N) is 1. The zero-order chi connectivity index (χ0) is 10.7. The highest BCUT2D eigenvalue weighted by Gasteiger charge is 1.98. The Morgan fingerprint density at radius 1 is 1.53 bits per heavy atom.